The van der Waals surface area contributed by atoms with Gasteiger partial charge in [0.15, 0.2) is 5.60 Å². The molecule has 1 aliphatic heterocycles. The summed E-state index contributed by atoms with van der Waals surface area (Å²) in [5.74, 6) is -0.206. The van der Waals surface area contributed by atoms with Crippen LogP contribution in [0.25, 0.3) is 0 Å². The first-order chi connectivity index (χ1) is 5.06. The van der Waals surface area contributed by atoms with Gasteiger partial charge in [-0.2, -0.15) is 0 Å². The smallest absolute Gasteiger partial charge is 0.255 e. The number of carbonyl (C=O) groups excluding carboxylic acids is 1. The molecule has 4 heteroatoms. The molecule has 0 aromatic carbocycles. The molecular weight excluding hydrogens is 144 g/mol. The van der Waals surface area contributed by atoms with Crippen molar-refractivity contribution in [2.45, 2.75) is 12.0 Å². The fraction of sp³-hybridized carbons (Fsp3) is 0.857. The molecule has 1 saturated heterocycles. The van der Waals surface area contributed by atoms with Crippen LogP contribution in [0.15, 0.2) is 0 Å². The van der Waals surface area contributed by atoms with Crippen molar-refractivity contribution < 1.29 is 9.90 Å². The number of β-amino-alcohol motifs (C(OH)–C–C–N with tert-alkyl or cyclic N) is 1. The van der Waals surface area contributed by atoms with Crippen LogP contribution in [-0.2, 0) is 4.79 Å². The van der Waals surface area contributed by atoms with Crippen molar-refractivity contribution >= 4 is 5.91 Å². The molecule has 64 valence electrons. The molecular formula is C7H14N2O2. The summed E-state index contributed by atoms with van der Waals surface area (Å²) < 4.78 is 0. The molecule has 1 amide bonds. The number of likely N-dealkylation sites (N-methyl/N-ethyl adjacent to an activating group) is 1. The van der Waals surface area contributed by atoms with Gasteiger partial charge in [0.05, 0.1) is 0 Å². The zero-order valence-electron chi connectivity index (χ0n) is 6.92. The summed E-state index contributed by atoms with van der Waals surface area (Å²) in [5.41, 5.74) is -1.15. The van der Waals surface area contributed by atoms with Crippen molar-refractivity contribution in [1.82, 2.24) is 10.2 Å². The summed E-state index contributed by atoms with van der Waals surface area (Å²) in [6.45, 7) is 1.10. The highest BCUT2D eigenvalue weighted by molar-refractivity contribution is 5.85. The molecule has 0 aromatic heterocycles. The van der Waals surface area contributed by atoms with Gasteiger partial charge < -0.3 is 15.3 Å². The summed E-state index contributed by atoms with van der Waals surface area (Å²) >= 11 is 0. The summed E-state index contributed by atoms with van der Waals surface area (Å²) in [5, 5.41) is 12.6. The lowest BCUT2D eigenvalue weighted by Crippen LogP contribution is -2.47. The summed E-state index contributed by atoms with van der Waals surface area (Å²) in [7, 11) is 3.30. The van der Waals surface area contributed by atoms with Gasteiger partial charge in [-0.15, -0.1) is 0 Å². The standard InChI is InChI=1S/C7H14N2O2/c1-9(2)6(10)7(11)3-4-8-5-7/h8,11H,3-5H2,1-2H3. The van der Waals surface area contributed by atoms with Crippen LogP contribution in [-0.4, -0.2) is 48.7 Å². The summed E-state index contributed by atoms with van der Waals surface area (Å²) in [6.07, 6.45) is 0.518. The normalized spacial score (nSPS) is 30.5. The van der Waals surface area contributed by atoms with Crippen LogP contribution in [0.2, 0.25) is 0 Å². The van der Waals surface area contributed by atoms with Gasteiger partial charge in [-0.1, -0.05) is 0 Å². The number of rotatable bonds is 1. The van der Waals surface area contributed by atoms with Gasteiger partial charge in [0.25, 0.3) is 5.91 Å². The Morgan fingerprint density at radius 2 is 2.27 bits per heavy atom. The van der Waals surface area contributed by atoms with Crippen LogP contribution in [0, 0.1) is 0 Å². The van der Waals surface area contributed by atoms with Crippen LogP contribution in [0.4, 0.5) is 0 Å². The van der Waals surface area contributed by atoms with E-state index < -0.39 is 5.60 Å². The van der Waals surface area contributed by atoms with Gasteiger partial charge in [-0.25, -0.2) is 0 Å². The molecule has 1 rings (SSSR count). The highest BCUT2D eigenvalue weighted by atomic mass is 16.3. The van der Waals surface area contributed by atoms with E-state index in [4.69, 9.17) is 0 Å². The van der Waals surface area contributed by atoms with Crippen molar-refractivity contribution in [3.63, 3.8) is 0 Å². The third-order valence-electron chi connectivity index (χ3n) is 1.94. The van der Waals surface area contributed by atoms with E-state index in [9.17, 15) is 9.90 Å². The SMILES string of the molecule is CN(C)C(=O)C1(O)CCNC1. The van der Waals surface area contributed by atoms with Gasteiger partial charge in [0.1, 0.15) is 0 Å². The van der Waals surface area contributed by atoms with Crippen LogP contribution in [0.5, 0.6) is 0 Å². The topological polar surface area (TPSA) is 52.6 Å². The highest BCUT2D eigenvalue weighted by Gasteiger charge is 2.39. The van der Waals surface area contributed by atoms with Crippen molar-refractivity contribution in [3.8, 4) is 0 Å². The Labute approximate surface area is 66.2 Å². The number of hydrogen-bond acceptors (Lipinski definition) is 3. The number of nitrogens with zero attached hydrogens (tertiary/aromatic N) is 1. The van der Waals surface area contributed by atoms with E-state index in [1.54, 1.807) is 14.1 Å². The van der Waals surface area contributed by atoms with Crippen LogP contribution in [0.3, 0.4) is 0 Å². The largest absolute Gasteiger partial charge is 0.379 e. The fourth-order valence-electron chi connectivity index (χ4n) is 1.28. The molecule has 0 spiro atoms. The quantitative estimate of drug-likeness (QED) is 0.504. The maximum atomic E-state index is 11.3. The molecule has 1 fully saturated rings. The Morgan fingerprint density at radius 3 is 2.64 bits per heavy atom. The maximum absolute atomic E-state index is 11.3. The van der Waals surface area contributed by atoms with Crippen molar-refractivity contribution in [1.29, 1.82) is 0 Å². The molecule has 1 heterocycles. The second kappa shape index (κ2) is 2.79. The first-order valence-corrected chi connectivity index (χ1v) is 3.71. The van der Waals surface area contributed by atoms with Gasteiger partial charge >= 0.3 is 0 Å². The van der Waals surface area contributed by atoms with Crippen molar-refractivity contribution in [3.05, 3.63) is 0 Å². The van der Waals surface area contributed by atoms with E-state index in [0.717, 1.165) is 6.54 Å². The molecule has 1 aliphatic rings. The second-order valence-electron chi connectivity index (χ2n) is 3.16. The zero-order valence-corrected chi connectivity index (χ0v) is 6.92. The molecule has 0 aromatic rings. The molecule has 0 aliphatic carbocycles. The average Bonchev–Trinajstić information content (AvgIpc) is 2.35. The molecule has 4 nitrogen and oxygen atoms in total. The number of hydrogen-bond donors (Lipinski definition) is 2. The van der Waals surface area contributed by atoms with Crippen LogP contribution in [0.1, 0.15) is 6.42 Å². The van der Waals surface area contributed by atoms with Gasteiger partial charge in [-0.05, 0) is 13.0 Å². The predicted molar refractivity (Wildman–Crippen MR) is 41.1 cm³/mol. The van der Waals surface area contributed by atoms with Gasteiger partial charge in [0.2, 0.25) is 0 Å². The van der Waals surface area contributed by atoms with Crippen molar-refractivity contribution in [2.75, 3.05) is 27.2 Å². The highest BCUT2D eigenvalue weighted by Crippen LogP contribution is 2.15. The minimum Gasteiger partial charge on any atom is -0.379 e. The van der Waals surface area contributed by atoms with Gasteiger partial charge in [-0.3, -0.25) is 4.79 Å². The maximum Gasteiger partial charge on any atom is 0.255 e. The predicted octanol–water partition coefficient (Wildman–Crippen LogP) is -1.20. The molecule has 1 atom stereocenters. The first kappa shape index (κ1) is 8.49. The number of aliphatic hydroxyl groups is 1. The lowest BCUT2D eigenvalue weighted by molar-refractivity contribution is -0.146. The van der Waals surface area contributed by atoms with E-state index in [2.05, 4.69) is 5.32 Å². The Balaban J connectivity index is 2.64. The number of nitrogens with one attached hydrogen (secondary N) is 1. The second-order valence-corrected chi connectivity index (χ2v) is 3.16. The third kappa shape index (κ3) is 1.52. The van der Waals surface area contributed by atoms with E-state index in [0.29, 0.717) is 13.0 Å². The zero-order chi connectivity index (χ0) is 8.48. The van der Waals surface area contributed by atoms with E-state index >= 15 is 0 Å². The van der Waals surface area contributed by atoms with E-state index in [-0.39, 0.29) is 5.91 Å². The molecule has 0 saturated carbocycles. The Hall–Kier alpha value is -0.610. The summed E-state index contributed by atoms with van der Waals surface area (Å²) in [6, 6.07) is 0. The Bertz CT molecular complexity index is 162. The van der Waals surface area contributed by atoms with Crippen molar-refractivity contribution in [2.24, 2.45) is 0 Å². The van der Waals surface area contributed by atoms with E-state index in [1.165, 1.54) is 4.90 Å². The molecule has 11 heavy (non-hydrogen) atoms. The minimum atomic E-state index is -1.15. The van der Waals surface area contributed by atoms with Crippen LogP contribution >= 0.6 is 0 Å². The fourth-order valence-corrected chi connectivity index (χ4v) is 1.28. The van der Waals surface area contributed by atoms with Crippen LogP contribution < -0.4 is 5.32 Å². The minimum absolute atomic E-state index is 0.206. The third-order valence-corrected chi connectivity index (χ3v) is 1.94. The Kier molecular flexibility index (Phi) is 2.15. The van der Waals surface area contributed by atoms with E-state index in [1.807, 2.05) is 0 Å². The monoisotopic (exact) mass is 158 g/mol. The average molecular weight is 158 g/mol. The Morgan fingerprint density at radius 1 is 1.64 bits per heavy atom. The lowest BCUT2D eigenvalue weighted by atomic mass is 10.0. The lowest BCUT2D eigenvalue weighted by Gasteiger charge is -2.23. The number of amides is 1. The van der Waals surface area contributed by atoms with Gasteiger partial charge in [0, 0.05) is 20.6 Å². The molecule has 2 N–H and O–H groups in total. The number of carbonyl (C=O) groups is 1. The first-order valence-electron chi connectivity index (χ1n) is 3.71. The summed E-state index contributed by atoms with van der Waals surface area (Å²) in [4.78, 5) is 12.7. The molecule has 1 unspecified atom stereocenters. The molecule has 0 bridgehead atoms. The molecule has 0 radical (unpaired) electrons.